The van der Waals surface area contributed by atoms with Gasteiger partial charge in [-0.25, -0.2) is 0 Å². The lowest BCUT2D eigenvalue weighted by Crippen LogP contribution is -1.96. The Morgan fingerprint density at radius 3 is 2.91 bits per heavy atom. The standard InChI is InChI=1S/C6H5BrN2O2/c1-11-6-4(3-10)5(7)2-8-9-6/h2-3H,1H3. The molecule has 0 fully saturated rings. The molecule has 0 N–H and O–H groups in total. The van der Waals surface area contributed by atoms with Crippen LogP contribution in [0.2, 0.25) is 0 Å². The van der Waals surface area contributed by atoms with Gasteiger partial charge in [-0.3, -0.25) is 4.79 Å². The normalized spacial score (nSPS) is 9.27. The maximum Gasteiger partial charge on any atom is 0.244 e. The van der Waals surface area contributed by atoms with Crippen molar-refractivity contribution in [3.8, 4) is 5.88 Å². The molecule has 0 saturated heterocycles. The van der Waals surface area contributed by atoms with Crippen LogP contribution >= 0.6 is 15.9 Å². The van der Waals surface area contributed by atoms with Crippen molar-refractivity contribution in [2.75, 3.05) is 7.11 Å². The van der Waals surface area contributed by atoms with Crippen LogP contribution in [0, 0.1) is 0 Å². The number of aromatic nitrogens is 2. The van der Waals surface area contributed by atoms with Gasteiger partial charge in [0.1, 0.15) is 0 Å². The summed E-state index contributed by atoms with van der Waals surface area (Å²) in [5.41, 5.74) is 0.377. The molecule has 0 amide bonds. The van der Waals surface area contributed by atoms with Crippen LogP contribution in [0.5, 0.6) is 5.88 Å². The summed E-state index contributed by atoms with van der Waals surface area (Å²) in [5, 5.41) is 7.18. The molecular formula is C6H5BrN2O2. The zero-order valence-electron chi connectivity index (χ0n) is 5.74. The van der Waals surface area contributed by atoms with Crippen LogP contribution in [-0.4, -0.2) is 23.6 Å². The number of hydrogen-bond acceptors (Lipinski definition) is 4. The quantitative estimate of drug-likeness (QED) is 0.695. The molecule has 0 atom stereocenters. The van der Waals surface area contributed by atoms with Gasteiger partial charge in [0.2, 0.25) is 5.88 Å². The Bertz CT molecular complexity index is 277. The van der Waals surface area contributed by atoms with Crippen molar-refractivity contribution in [3.05, 3.63) is 16.2 Å². The SMILES string of the molecule is COc1nncc(Br)c1C=O. The van der Waals surface area contributed by atoms with E-state index in [1.807, 2.05) is 0 Å². The van der Waals surface area contributed by atoms with E-state index in [2.05, 4.69) is 26.1 Å². The van der Waals surface area contributed by atoms with Crippen molar-refractivity contribution in [2.45, 2.75) is 0 Å². The zero-order valence-corrected chi connectivity index (χ0v) is 7.33. The highest BCUT2D eigenvalue weighted by molar-refractivity contribution is 9.10. The van der Waals surface area contributed by atoms with E-state index in [9.17, 15) is 4.79 Å². The fraction of sp³-hybridized carbons (Fsp3) is 0.167. The fourth-order valence-electron chi connectivity index (χ4n) is 0.615. The molecule has 1 rings (SSSR count). The molecule has 4 nitrogen and oxygen atoms in total. The molecule has 0 aliphatic heterocycles. The molecular weight excluding hydrogens is 212 g/mol. The molecule has 0 spiro atoms. The summed E-state index contributed by atoms with van der Waals surface area (Å²) < 4.78 is 5.36. The van der Waals surface area contributed by atoms with Crippen LogP contribution in [0.1, 0.15) is 10.4 Å². The Balaban J connectivity index is 3.24. The van der Waals surface area contributed by atoms with Gasteiger partial charge in [-0.1, -0.05) is 0 Å². The van der Waals surface area contributed by atoms with E-state index in [-0.39, 0.29) is 5.88 Å². The average molecular weight is 217 g/mol. The number of ether oxygens (including phenoxy) is 1. The Labute approximate surface area is 71.7 Å². The predicted molar refractivity (Wildman–Crippen MR) is 41.7 cm³/mol. The molecule has 1 aromatic heterocycles. The Morgan fingerprint density at radius 1 is 1.73 bits per heavy atom. The molecule has 5 heteroatoms. The summed E-state index contributed by atoms with van der Waals surface area (Å²) in [6.07, 6.45) is 2.10. The van der Waals surface area contributed by atoms with Gasteiger partial charge >= 0.3 is 0 Å². The minimum atomic E-state index is 0.231. The van der Waals surface area contributed by atoms with E-state index in [1.165, 1.54) is 13.3 Å². The predicted octanol–water partition coefficient (Wildman–Crippen LogP) is 1.06. The molecule has 0 bridgehead atoms. The van der Waals surface area contributed by atoms with Crippen molar-refractivity contribution < 1.29 is 9.53 Å². The lowest BCUT2D eigenvalue weighted by Gasteiger charge is -2.00. The number of carbonyl (C=O) groups excluding carboxylic acids is 1. The van der Waals surface area contributed by atoms with Gasteiger partial charge in [0.25, 0.3) is 0 Å². The molecule has 0 saturated carbocycles. The highest BCUT2D eigenvalue weighted by Gasteiger charge is 2.07. The first-order chi connectivity index (χ1) is 5.29. The lowest BCUT2D eigenvalue weighted by atomic mass is 10.3. The Morgan fingerprint density at radius 2 is 2.45 bits per heavy atom. The topological polar surface area (TPSA) is 52.1 Å². The van der Waals surface area contributed by atoms with Gasteiger partial charge in [-0.2, -0.15) is 5.10 Å². The molecule has 0 radical (unpaired) electrons. The minimum Gasteiger partial charge on any atom is -0.479 e. The molecule has 0 aliphatic carbocycles. The Kier molecular flexibility index (Phi) is 2.53. The number of nitrogens with zero attached hydrogens (tertiary/aromatic N) is 2. The second-order valence-electron chi connectivity index (χ2n) is 1.73. The van der Waals surface area contributed by atoms with E-state index in [4.69, 9.17) is 4.74 Å². The summed E-state index contributed by atoms with van der Waals surface area (Å²) in [6.45, 7) is 0. The first-order valence-electron chi connectivity index (χ1n) is 2.80. The summed E-state index contributed by atoms with van der Waals surface area (Å²) >= 11 is 3.13. The average Bonchev–Trinajstić information content (AvgIpc) is 2.04. The zero-order chi connectivity index (χ0) is 8.27. The minimum absolute atomic E-state index is 0.231. The highest BCUT2D eigenvalue weighted by Crippen LogP contribution is 2.20. The second kappa shape index (κ2) is 3.43. The molecule has 1 heterocycles. The van der Waals surface area contributed by atoms with E-state index < -0.39 is 0 Å². The van der Waals surface area contributed by atoms with E-state index >= 15 is 0 Å². The van der Waals surface area contributed by atoms with Gasteiger partial charge in [-0.15, -0.1) is 5.10 Å². The second-order valence-corrected chi connectivity index (χ2v) is 2.59. The Hall–Kier alpha value is -0.970. The van der Waals surface area contributed by atoms with Crippen LogP contribution in [0.3, 0.4) is 0 Å². The molecule has 0 unspecified atom stereocenters. The van der Waals surface area contributed by atoms with Gasteiger partial charge in [0, 0.05) is 0 Å². The first kappa shape index (κ1) is 8.13. The summed E-state index contributed by atoms with van der Waals surface area (Å²) in [6, 6.07) is 0. The van der Waals surface area contributed by atoms with Gasteiger partial charge in [-0.05, 0) is 15.9 Å². The summed E-state index contributed by atoms with van der Waals surface area (Å²) in [7, 11) is 1.43. The van der Waals surface area contributed by atoms with Crippen LogP contribution in [0.25, 0.3) is 0 Å². The van der Waals surface area contributed by atoms with Crippen LogP contribution in [-0.2, 0) is 0 Å². The molecule has 58 valence electrons. The van der Waals surface area contributed by atoms with E-state index in [0.29, 0.717) is 16.3 Å². The largest absolute Gasteiger partial charge is 0.479 e. The monoisotopic (exact) mass is 216 g/mol. The number of aldehydes is 1. The van der Waals surface area contributed by atoms with Crippen molar-refractivity contribution in [2.24, 2.45) is 0 Å². The molecule has 1 aromatic rings. The smallest absolute Gasteiger partial charge is 0.244 e. The van der Waals surface area contributed by atoms with Crippen LogP contribution < -0.4 is 4.74 Å². The van der Waals surface area contributed by atoms with Gasteiger partial charge < -0.3 is 4.74 Å². The van der Waals surface area contributed by atoms with Crippen molar-refractivity contribution >= 4 is 22.2 Å². The number of carbonyl (C=O) groups is 1. The molecule has 0 aromatic carbocycles. The highest BCUT2D eigenvalue weighted by atomic mass is 79.9. The maximum atomic E-state index is 10.4. The number of rotatable bonds is 2. The van der Waals surface area contributed by atoms with E-state index in [1.54, 1.807) is 0 Å². The molecule has 0 aliphatic rings. The van der Waals surface area contributed by atoms with Crippen molar-refractivity contribution in [3.63, 3.8) is 0 Å². The number of hydrogen-bond donors (Lipinski definition) is 0. The van der Waals surface area contributed by atoms with Crippen LogP contribution in [0.4, 0.5) is 0 Å². The summed E-state index contributed by atoms with van der Waals surface area (Å²) in [4.78, 5) is 10.4. The lowest BCUT2D eigenvalue weighted by molar-refractivity contribution is 0.111. The van der Waals surface area contributed by atoms with Crippen molar-refractivity contribution in [1.29, 1.82) is 0 Å². The summed E-state index contributed by atoms with van der Waals surface area (Å²) in [5.74, 6) is 0.231. The molecule has 11 heavy (non-hydrogen) atoms. The fourth-order valence-corrected chi connectivity index (χ4v) is 0.970. The number of halogens is 1. The third-order valence-corrected chi connectivity index (χ3v) is 1.75. The van der Waals surface area contributed by atoms with Crippen molar-refractivity contribution in [1.82, 2.24) is 10.2 Å². The third-order valence-electron chi connectivity index (χ3n) is 1.12. The van der Waals surface area contributed by atoms with Gasteiger partial charge in [0.05, 0.1) is 23.3 Å². The third kappa shape index (κ3) is 1.54. The number of methoxy groups -OCH3 is 1. The maximum absolute atomic E-state index is 10.4. The van der Waals surface area contributed by atoms with E-state index in [0.717, 1.165) is 0 Å². The van der Waals surface area contributed by atoms with Gasteiger partial charge in [0.15, 0.2) is 6.29 Å². The van der Waals surface area contributed by atoms with Crippen LogP contribution in [0.15, 0.2) is 10.7 Å². The first-order valence-corrected chi connectivity index (χ1v) is 3.59.